The molecule has 1 heterocycles. The number of ether oxygens (including phenoxy) is 3. The Morgan fingerprint density at radius 3 is 2.54 bits per heavy atom. The van der Waals surface area contributed by atoms with E-state index in [1.54, 1.807) is 43.3 Å². The van der Waals surface area contributed by atoms with E-state index in [4.69, 9.17) is 37.4 Å². The maximum absolute atomic E-state index is 12.4. The van der Waals surface area contributed by atoms with Crippen LogP contribution in [-0.4, -0.2) is 23.9 Å². The number of aryl methyl sites for hydroxylation is 1. The monoisotopic (exact) mass is 512 g/mol. The van der Waals surface area contributed by atoms with Gasteiger partial charge >= 0.3 is 5.97 Å². The third-order valence-electron chi connectivity index (χ3n) is 5.12. The number of methoxy groups -OCH3 is 1. The van der Waals surface area contributed by atoms with Crippen LogP contribution in [0.25, 0.3) is 6.08 Å². The Balaban J connectivity index is 1.60. The van der Waals surface area contributed by atoms with Crippen molar-refractivity contribution in [3.05, 3.63) is 103 Å². The molecule has 3 aromatic carbocycles. The minimum Gasteiger partial charge on any atom is -0.493 e. The summed E-state index contributed by atoms with van der Waals surface area (Å²) in [5.74, 6) is -0.00817. The predicted molar refractivity (Wildman–Crippen MR) is 132 cm³/mol. The zero-order chi connectivity index (χ0) is 25.1. The number of hydrogen-bond donors (Lipinski definition) is 0. The molecule has 8 nitrogen and oxygen atoms in total. The van der Waals surface area contributed by atoms with Gasteiger partial charge in [-0.1, -0.05) is 41.4 Å². The minimum atomic E-state index is -0.693. The van der Waals surface area contributed by atoms with Gasteiger partial charge in [-0.2, -0.15) is 0 Å². The number of esters is 1. The van der Waals surface area contributed by atoms with E-state index in [2.05, 4.69) is 4.99 Å². The van der Waals surface area contributed by atoms with Crippen LogP contribution in [0, 0.1) is 17.0 Å². The molecular formula is C25H18Cl2N2O6. The molecule has 0 radical (unpaired) electrons. The summed E-state index contributed by atoms with van der Waals surface area (Å²) in [4.78, 5) is 27.3. The molecule has 3 aromatic rings. The largest absolute Gasteiger partial charge is 0.493 e. The predicted octanol–water partition coefficient (Wildman–Crippen LogP) is 6.14. The summed E-state index contributed by atoms with van der Waals surface area (Å²) < 4.78 is 16.5. The van der Waals surface area contributed by atoms with E-state index in [0.29, 0.717) is 33.2 Å². The average molecular weight is 513 g/mol. The molecule has 0 saturated heterocycles. The summed E-state index contributed by atoms with van der Waals surface area (Å²) in [5, 5.41) is 12.1. The van der Waals surface area contributed by atoms with E-state index >= 15 is 0 Å². The van der Waals surface area contributed by atoms with Gasteiger partial charge in [-0.3, -0.25) is 10.1 Å². The van der Waals surface area contributed by atoms with Crippen LogP contribution >= 0.6 is 23.2 Å². The molecule has 0 fully saturated rings. The maximum atomic E-state index is 12.4. The number of nitrogens with zero attached hydrogens (tertiary/aromatic N) is 2. The van der Waals surface area contributed by atoms with Crippen LogP contribution in [0.5, 0.6) is 11.5 Å². The fraction of sp³-hybridized carbons (Fsp3) is 0.120. The van der Waals surface area contributed by atoms with Gasteiger partial charge in [-0.15, -0.1) is 0 Å². The van der Waals surface area contributed by atoms with Crippen LogP contribution in [0.3, 0.4) is 0 Å². The maximum Gasteiger partial charge on any atom is 0.363 e. The Morgan fingerprint density at radius 2 is 1.86 bits per heavy atom. The van der Waals surface area contributed by atoms with Gasteiger partial charge in [0.25, 0.3) is 5.69 Å². The number of nitro groups is 1. The Labute approximate surface area is 210 Å². The van der Waals surface area contributed by atoms with Gasteiger partial charge in [-0.25, -0.2) is 9.79 Å². The number of rotatable bonds is 7. The average Bonchev–Trinajstić information content (AvgIpc) is 3.19. The van der Waals surface area contributed by atoms with Crippen LogP contribution < -0.4 is 9.47 Å². The number of aliphatic imine (C=N–C) groups is 1. The van der Waals surface area contributed by atoms with Crippen LogP contribution in [0.15, 0.2) is 65.3 Å². The second-order valence-electron chi connectivity index (χ2n) is 7.54. The smallest absolute Gasteiger partial charge is 0.363 e. The molecule has 0 N–H and O–H groups in total. The van der Waals surface area contributed by atoms with Gasteiger partial charge in [0, 0.05) is 22.2 Å². The number of nitro benzene ring substituents is 1. The molecule has 0 spiro atoms. The van der Waals surface area contributed by atoms with Gasteiger partial charge in [0.15, 0.2) is 17.2 Å². The van der Waals surface area contributed by atoms with E-state index in [9.17, 15) is 14.9 Å². The lowest BCUT2D eigenvalue weighted by molar-refractivity contribution is -0.385. The van der Waals surface area contributed by atoms with Gasteiger partial charge in [0.05, 0.1) is 17.1 Å². The molecule has 0 bridgehead atoms. The Hall–Kier alpha value is -3.88. The number of hydrogen-bond acceptors (Lipinski definition) is 7. The fourth-order valence-electron chi connectivity index (χ4n) is 3.33. The quantitative estimate of drug-likeness (QED) is 0.163. The van der Waals surface area contributed by atoms with Crippen molar-refractivity contribution in [2.75, 3.05) is 7.11 Å². The van der Waals surface area contributed by atoms with E-state index in [-0.39, 0.29) is 28.9 Å². The van der Waals surface area contributed by atoms with E-state index in [0.717, 1.165) is 5.56 Å². The summed E-state index contributed by atoms with van der Waals surface area (Å²) in [6, 6.07) is 14.9. The van der Waals surface area contributed by atoms with Crippen molar-refractivity contribution in [2.24, 2.45) is 4.99 Å². The summed E-state index contributed by atoms with van der Waals surface area (Å²) in [6.45, 7) is 1.87. The lowest BCUT2D eigenvalue weighted by atomic mass is 10.1. The summed E-state index contributed by atoms with van der Waals surface area (Å²) >= 11 is 12.4. The fourth-order valence-corrected chi connectivity index (χ4v) is 3.73. The third kappa shape index (κ3) is 5.45. The first-order valence-electron chi connectivity index (χ1n) is 10.3. The highest BCUT2D eigenvalue weighted by atomic mass is 35.5. The number of carbonyl (C=O) groups is 1. The van der Waals surface area contributed by atoms with Gasteiger partial charge in [-0.05, 0) is 54.5 Å². The van der Waals surface area contributed by atoms with Crippen molar-refractivity contribution in [3.63, 3.8) is 0 Å². The van der Waals surface area contributed by atoms with Crippen LogP contribution in [0.2, 0.25) is 10.0 Å². The summed E-state index contributed by atoms with van der Waals surface area (Å²) in [6.07, 6.45) is 1.48. The molecule has 0 aromatic heterocycles. The van der Waals surface area contributed by atoms with Crippen molar-refractivity contribution >= 4 is 46.8 Å². The van der Waals surface area contributed by atoms with Crippen molar-refractivity contribution in [2.45, 2.75) is 13.5 Å². The standard InChI is InChI=1S/C25H18Cl2N2O6/c1-14-3-6-17(12-21(14)29(31)32)24-28-20(25(30)35-24)10-16-9-19(27)23(22(11-16)33-2)34-13-15-4-7-18(26)8-5-15/h3-12H,13H2,1-2H3/b20-10-. The molecule has 0 amide bonds. The second kappa shape index (κ2) is 10.2. The molecule has 1 aliphatic rings. The molecule has 0 atom stereocenters. The first-order valence-corrected chi connectivity index (χ1v) is 11.0. The van der Waals surface area contributed by atoms with Gasteiger partial charge in [0.1, 0.15) is 6.61 Å². The van der Waals surface area contributed by atoms with Crippen molar-refractivity contribution in [3.8, 4) is 11.5 Å². The molecule has 4 rings (SSSR count). The van der Waals surface area contributed by atoms with Gasteiger partial charge < -0.3 is 14.2 Å². The summed E-state index contributed by atoms with van der Waals surface area (Å²) in [7, 11) is 1.47. The summed E-state index contributed by atoms with van der Waals surface area (Å²) in [5.41, 5.74) is 2.14. The van der Waals surface area contributed by atoms with E-state index in [1.807, 2.05) is 12.1 Å². The molecule has 35 heavy (non-hydrogen) atoms. The number of benzene rings is 3. The molecule has 178 valence electrons. The lowest BCUT2D eigenvalue weighted by Crippen LogP contribution is -2.06. The SMILES string of the molecule is COc1cc(/C=C2\N=C(c3ccc(C)c([N+](=O)[O-])c3)OC2=O)cc(Cl)c1OCc1ccc(Cl)cc1. The first-order chi connectivity index (χ1) is 16.7. The van der Waals surface area contributed by atoms with Gasteiger partial charge in [0.2, 0.25) is 5.90 Å². The second-order valence-corrected chi connectivity index (χ2v) is 8.39. The molecular weight excluding hydrogens is 495 g/mol. The Morgan fingerprint density at radius 1 is 1.11 bits per heavy atom. The highest BCUT2D eigenvalue weighted by Gasteiger charge is 2.26. The molecule has 10 heteroatoms. The minimum absolute atomic E-state index is 0.0104. The Kier molecular flexibility index (Phi) is 7.04. The third-order valence-corrected chi connectivity index (χ3v) is 5.66. The topological polar surface area (TPSA) is 100 Å². The van der Waals surface area contributed by atoms with Crippen molar-refractivity contribution < 1.29 is 23.9 Å². The van der Waals surface area contributed by atoms with Crippen LogP contribution in [0.4, 0.5) is 5.69 Å². The normalized spacial score (nSPS) is 14.0. The molecule has 0 saturated carbocycles. The lowest BCUT2D eigenvalue weighted by Gasteiger charge is -2.13. The first kappa shape index (κ1) is 24.3. The van der Waals surface area contributed by atoms with Crippen LogP contribution in [0.1, 0.15) is 22.3 Å². The molecule has 1 aliphatic heterocycles. The zero-order valence-electron chi connectivity index (χ0n) is 18.6. The number of halogens is 2. The van der Waals surface area contributed by atoms with Crippen molar-refractivity contribution in [1.82, 2.24) is 0 Å². The zero-order valence-corrected chi connectivity index (χ0v) is 20.1. The molecule has 0 aliphatic carbocycles. The van der Waals surface area contributed by atoms with E-state index in [1.165, 1.54) is 19.3 Å². The van der Waals surface area contributed by atoms with Crippen LogP contribution in [-0.2, 0) is 16.1 Å². The number of cyclic esters (lactones) is 1. The highest BCUT2D eigenvalue weighted by molar-refractivity contribution is 6.32. The Bertz CT molecular complexity index is 1380. The molecule has 0 unspecified atom stereocenters. The van der Waals surface area contributed by atoms with E-state index < -0.39 is 10.9 Å². The van der Waals surface area contributed by atoms with Crippen molar-refractivity contribution in [1.29, 1.82) is 0 Å². The highest BCUT2D eigenvalue weighted by Crippen LogP contribution is 2.38. The number of carbonyl (C=O) groups excluding carboxylic acids is 1.